The third kappa shape index (κ3) is 4.71. The van der Waals surface area contributed by atoms with Crippen molar-refractivity contribution >= 4 is 39.5 Å². The first-order chi connectivity index (χ1) is 14.6. The minimum absolute atomic E-state index is 0.237. The van der Waals surface area contributed by atoms with E-state index in [-0.39, 0.29) is 5.82 Å². The van der Waals surface area contributed by atoms with Crippen LogP contribution in [0.4, 0.5) is 15.2 Å². The second-order valence-corrected chi connectivity index (χ2v) is 8.08. The molecule has 0 saturated carbocycles. The summed E-state index contributed by atoms with van der Waals surface area (Å²) in [5, 5.41) is 7.02. The van der Waals surface area contributed by atoms with Gasteiger partial charge < -0.3 is 19.9 Å². The van der Waals surface area contributed by atoms with Gasteiger partial charge in [-0.05, 0) is 55.5 Å². The van der Waals surface area contributed by atoms with Gasteiger partial charge in [0.2, 0.25) is 0 Å². The lowest BCUT2D eigenvalue weighted by Crippen LogP contribution is -2.50. The highest BCUT2D eigenvalue weighted by molar-refractivity contribution is 7.80. The molecule has 0 spiro atoms. The summed E-state index contributed by atoms with van der Waals surface area (Å²) in [7, 11) is 0. The SMILES string of the molecule is CCOc1ccccc1NC(=S)N1CCN(c2nc(-c3ccc(F)cc3)cs2)CC1. The Morgan fingerprint density at radius 2 is 1.87 bits per heavy atom. The van der Waals surface area contributed by atoms with Crippen LogP contribution in [0, 0.1) is 5.82 Å². The number of halogens is 1. The molecule has 1 saturated heterocycles. The minimum Gasteiger partial charge on any atom is -0.492 e. The van der Waals surface area contributed by atoms with E-state index in [1.165, 1.54) is 12.1 Å². The van der Waals surface area contributed by atoms with Crippen LogP contribution in [-0.4, -0.2) is 47.8 Å². The molecule has 2 heterocycles. The molecule has 8 heteroatoms. The van der Waals surface area contributed by atoms with E-state index in [9.17, 15) is 4.39 Å². The van der Waals surface area contributed by atoms with E-state index in [0.717, 1.165) is 54.0 Å². The summed E-state index contributed by atoms with van der Waals surface area (Å²) in [6.07, 6.45) is 0. The van der Waals surface area contributed by atoms with Gasteiger partial charge in [-0.15, -0.1) is 11.3 Å². The molecule has 0 radical (unpaired) electrons. The molecule has 4 rings (SSSR count). The third-order valence-corrected chi connectivity index (χ3v) is 6.16. The number of piperazine rings is 1. The van der Waals surface area contributed by atoms with Crippen molar-refractivity contribution in [2.24, 2.45) is 0 Å². The predicted molar refractivity (Wildman–Crippen MR) is 125 cm³/mol. The van der Waals surface area contributed by atoms with E-state index in [1.807, 2.05) is 36.6 Å². The van der Waals surface area contributed by atoms with Gasteiger partial charge >= 0.3 is 0 Å². The molecule has 1 aromatic heterocycles. The Labute approximate surface area is 185 Å². The minimum atomic E-state index is -0.237. The van der Waals surface area contributed by atoms with E-state index in [4.69, 9.17) is 21.9 Å². The van der Waals surface area contributed by atoms with Crippen molar-refractivity contribution < 1.29 is 9.13 Å². The number of aromatic nitrogens is 1. The van der Waals surface area contributed by atoms with Crippen molar-refractivity contribution in [3.8, 4) is 17.0 Å². The summed E-state index contributed by atoms with van der Waals surface area (Å²) >= 11 is 7.24. The average molecular weight is 443 g/mol. The molecule has 0 unspecified atom stereocenters. The van der Waals surface area contributed by atoms with Gasteiger partial charge in [0.15, 0.2) is 10.2 Å². The van der Waals surface area contributed by atoms with Crippen molar-refractivity contribution in [2.75, 3.05) is 43.0 Å². The second-order valence-electron chi connectivity index (χ2n) is 6.86. The maximum atomic E-state index is 13.1. The molecule has 1 aliphatic rings. The van der Waals surface area contributed by atoms with Gasteiger partial charge in [-0.25, -0.2) is 9.37 Å². The van der Waals surface area contributed by atoms with Crippen LogP contribution in [-0.2, 0) is 0 Å². The summed E-state index contributed by atoms with van der Waals surface area (Å²) in [5.74, 6) is 0.566. The molecule has 1 fully saturated rings. The highest BCUT2D eigenvalue weighted by atomic mass is 32.1. The zero-order chi connectivity index (χ0) is 20.9. The Balaban J connectivity index is 1.35. The van der Waals surface area contributed by atoms with Crippen LogP contribution in [0.15, 0.2) is 53.9 Å². The zero-order valence-electron chi connectivity index (χ0n) is 16.7. The molecule has 2 aromatic carbocycles. The van der Waals surface area contributed by atoms with Crippen LogP contribution in [0.5, 0.6) is 5.75 Å². The Morgan fingerprint density at radius 3 is 2.60 bits per heavy atom. The summed E-state index contributed by atoms with van der Waals surface area (Å²) < 4.78 is 18.8. The fourth-order valence-corrected chi connectivity index (χ4v) is 4.49. The van der Waals surface area contributed by atoms with Crippen molar-refractivity contribution in [2.45, 2.75) is 6.92 Å². The van der Waals surface area contributed by atoms with Gasteiger partial charge in [-0.3, -0.25) is 0 Å². The lowest BCUT2D eigenvalue weighted by atomic mass is 10.2. The maximum Gasteiger partial charge on any atom is 0.185 e. The van der Waals surface area contributed by atoms with Crippen molar-refractivity contribution in [1.82, 2.24) is 9.88 Å². The van der Waals surface area contributed by atoms with Crippen molar-refractivity contribution in [3.05, 3.63) is 59.7 Å². The van der Waals surface area contributed by atoms with E-state index in [0.29, 0.717) is 11.7 Å². The van der Waals surface area contributed by atoms with Crippen LogP contribution in [0.1, 0.15) is 6.92 Å². The number of hydrogen-bond acceptors (Lipinski definition) is 5. The Kier molecular flexibility index (Phi) is 6.44. The highest BCUT2D eigenvalue weighted by Crippen LogP contribution is 2.29. The van der Waals surface area contributed by atoms with Gasteiger partial charge in [-0.1, -0.05) is 12.1 Å². The predicted octanol–water partition coefficient (Wildman–Crippen LogP) is 4.87. The third-order valence-electron chi connectivity index (χ3n) is 4.90. The van der Waals surface area contributed by atoms with Gasteiger partial charge in [0.1, 0.15) is 11.6 Å². The van der Waals surface area contributed by atoms with Gasteiger partial charge in [0, 0.05) is 37.1 Å². The molecule has 156 valence electrons. The molecule has 5 nitrogen and oxygen atoms in total. The number of anilines is 2. The first-order valence-corrected chi connectivity index (χ1v) is 11.2. The van der Waals surface area contributed by atoms with Crippen LogP contribution in [0.3, 0.4) is 0 Å². The number of ether oxygens (including phenoxy) is 1. The highest BCUT2D eigenvalue weighted by Gasteiger charge is 2.22. The monoisotopic (exact) mass is 442 g/mol. The van der Waals surface area contributed by atoms with Gasteiger partial charge in [-0.2, -0.15) is 0 Å². The lowest BCUT2D eigenvalue weighted by Gasteiger charge is -2.36. The molecule has 1 N–H and O–H groups in total. The molecule has 0 amide bonds. The first-order valence-electron chi connectivity index (χ1n) is 9.88. The summed E-state index contributed by atoms with van der Waals surface area (Å²) in [6, 6.07) is 14.3. The number of para-hydroxylation sites is 2. The molecule has 30 heavy (non-hydrogen) atoms. The largest absolute Gasteiger partial charge is 0.492 e. The fourth-order valence-electron chi connectivity index (χ4n) is 3.31. The van der Waals surface area contributed by atoms with Crippen LogP contribution >= 0.6 is 23.6 Å². The number of nitrogens with zero attached hydrogens (tertiary/aromatic N) is 3. The maximum absolute atomic E-state index is 13.1. The Morgan fingerprint density at radius 1 is 1.13 bits per heavy atom. The topological polar surface area (TPSA) is 40.6 Å². The second kappa shape index (κ2) is 9.40. The smallest absolute Gasteiger partial charge is 0.185 e. The van der Waals surface area contributed by atoms with Crippen molar-refractivity contribution in [3.63, 3.8) is 0 Å². The quantitative estimate of drug-likeness (QED) is 0.569. The number of thiazole rings is 1. The summed E-state index contributed by atoms with van der Waals surface area (Å²) in [6.45, 7) is 5.88. The van der Waals surface area contributed by atoms with Crippen LogP contribution in [0.2, 0.25) is 0 Å². The number of benzene rings is 2. The van der Waals surface area contributed by atoms with Crippen LogP contribution in [0.25, 0.3) is 11.3 Å². The molecule has 0 aliphatic carbocycles. The number of hydrogen-bond donors (Lipinski definition) is 1. The molecular formula is C22H23FN4OS2. The van der Waals surface area contributed by atoms with E-state index in [1.54, 1.807) is 23.5 Å². The van der Waals surface area contributed by atoms with E-state index < -0.39 is 0 Å². The van der Waals surface area contributed by atoms with Gasteiger partial charge in [0.05, 0.1) is 18.0 Å². The fraction of sp³-hybridized carbons (Fsp3) is 0.273. The zero-order valence-corrected chi connectivity index (χ0v) is 18.3. The Hall–Kier alpha value is -2.71. The molecule has 0 atom stereocenters. The standard InChI is InChI=1S/C22H23FN4OS2/c1-2-28-20-6-4-3-5-18(20)24-21(29)26-11-13-27(14-12-26)22-25-19(15-30-22)16-7-9-17(23)10-8-16/h3-10,15H,2,11-14H2,1H3,(H,24,29). The number of rotatable bonds is 5. The van der Waals surface area contributed by atoms with Crippen molar-refractivity contribution in [1.29, 1.82) is 0 Å². The van der Waals surface area contributed by atoms with E-state index >= 15 is 0 Å². The molecule has 1 aliphatic heterocycles. The average Bonchev–Trinajstić information content (AvgIpc) is 3.26. The molecular weight excluding hydrogens is 419 g/mol. The summed E-state index contributed by atoms with van der Waals surface area (Å²) in [5.41, 5.74) is 2.69. The van der Waals surface area contributed by atoms with Gasteiger partial charge in [0.25, 0.3) is 0 Å². The lowest BCUT2D eigenvalue weighted by molar-refractivity contribution is 0.341. The van der Waals surface area contributed by atoms with Crippen LogP contribution < -0.4 is 15.0 Å². The van der Waals surface area contributed by atoms with E-state index in [2.05, 4.69) is 15.1 Å². The normalized spacial score (nSPS) is 13.9. The molecule has 3 aromatic rings. The number of nitrogens with one attached hydrogen (secondary N) is 1. The first kappa shape index (κ1) is 20.6. The number of thiocarbonyl (C=S) groups is 1. The Bertz CT molecular complexity index is 1000. The summed E-state index contributed by atoms with van der Waals surface area (Å²) in [4.78, 5) is 9.18. The molecule has 0 bridgehead atoms.